The molecule has 7 heteroatoms. The topological polar surface area (TPSA) is 72.7 Å². The van der Waals surface area contributed by atoms with E-state index >= 15 is 0 Å². The van der Waals surface area contributed by atoms with E-state index in [1.54, 1.807) is 0 Å². The Bertz CT molecular complexity index is 576. The van der Waals surface area contributed by atoms with Crippen LogP contribution in [-0.2, 0) is 4.74 Å². The van der Waals surface area contributed by atoms with Crippen LogP contribution in [0.5, 0.6) is 0 Å². The summed E-state index contributed by atoms with van der Waals surface area (Å²) in [4.78, 5) is 23.9. The minimum atomic E-state index is -0.941. The van der Waals surface area contributed by atoms with Crippen molar-refractivity contribution in [2.75, 3.05) is 25.1 Å². The van der Waals surface area contributed by atoms with Crippen molar-refractivity contribution in [1.82, 2.24) is 0 Å². The fraction of sp³-hybridized carbons (Fsp3) is 0.500. The van der Waals surface area contributed by atoms with E-state index in [1.165, 1.54) is 6.07 Å². The molecule has 0 spiro atoms. The number of anilines is 1. The Hall–Kier alpha value is -2.18. The van der Waals surface area contributed by atoms with Gasteiger partial charge in [-0.05, 0) is 18.4 Å². The first-order valence-corrected chi connectivity index (χ1v) is 6.79. The molecule has 21 heavy (non-hydrogen) atoms. The molecule has 2 rings (SSSR count). The number of nitrogens with zero attached hydrogens (tertiary/aromatic N) is 2. The number of carbonyl (C=O) groups is 1. The van der Waals surface area contributed by atoms with Crippen molar-refractivity contribution in [3.05, 3.63) is 33.6 Å². The van der Waals surface area contributed by atoms with Gasteiger partial charge in [0.2, 0.25) is 0 Å². The van der Waals surface area contributed by atoms with Crippen molar-refractivity contribution in [2.24, 2.45) is 5.92 Å². The maximum Gasteiger partial charge on any atom is 0.340 e. The summed E-state index contributed by atoms with van der Waals surface area (Å²) < 4.78 is 18.3. The molecule has 0 N–H and O–H groups in total. The smallest absolute Gasteiger partial charge is 0.340 e. The first kappa shape index (κ1) is 15.2. The summed E-state index contributed by atoms with van der Waals surface area (Å²) in [6, 6.07) is 2.01. The van der Waals surface area contributed by atoms with E-state index in [-0.39, 0.29) is 16.9 Å². The Morgan fingerprint density at radius 3 is 2.81 bits per heavy atom. The minimum Gasteiger partial charge on any atom is -0.465 e. The van der Waals surface area contributed by atoms with Gasteiger partial charge in [-0.2, -0.15) is 0 Å². The number of carbonyl (C=O) groups excluding carboxylic acids is 1. The van der Waals surface area contributed by atoms with Gasteiger partial charge in [0.05, 0.1) is 23.7 Å². The van der Waals surface area contributed by atoms with Crippen LogP contribution in [0, 0.1) is 21.8 Å². The molecule has 0 radical (unpaired) electrons. The van der Waals surface area contributed by atoms with Crippen LogP contribution in [0.1, 0.15) is 30.1 Å². The van der Waals surface area contributed by atoms with E-state index < -0.39 is 16.7 Å². The number of methoxy groups -OCH3 is 1. The molecule has 0 amide bonds. The fourth-order valence-corrected chi connectivity index (χ4v) is 2.60. The molecule has 1 aliphatic heterocycles. The third-order valence-electron chi connectivity index (χ3n) is 3.87. The molecule has 0 saturated carbocycles. The van der Waals surface area contributed by atoms with Crippen molar-refractivity contribution < 1.29 is 18.8 Å². The summed E-state index contributed by atoms with van der Waals surface area (Å²) in [7, 11) is 1.14. The lowest BCUT2D eigenvalue weighted by Crippen LogP contribution is -2.21. The molecule has 0 bridgehead atoms. The fourth-order valence-electron chi connectivity index (χ4n) is 2.60. The monoisotopic (exact) mass is 296 g/mol. The van der Waals surface area contributed by atoms with Gasteiger partial charge in [0, 0.05) is 13.1 Å². The van der Waals surface area contributed by atoms with Gasteiger partial charge in [0.1, 0.15) is 11.5 Å². The van der Waals surface area contributed by atoms with Crippen molar-refractivity contribution in [1.29, 1.82) is 0 Å². The highest BCUT2D eigenvalue weighted by Crippen LogP contribution is 2.35. The quantitative estimate of drug-likeness (QED) is 0.485. The molecule has 0 aromatic heterocycles. The second-order valence-electron chi connectivity index (χ2n) is 5.08. The molecular formula is C14H17FN2O4. The summed E-state index contributed by atoms with van der Waals surface area (Å²) >= 11 is 0. The summed E-state index contributed by atoms with van der Waals surface area (Å²) in [5, 5.41) is 11.1. The molecular weight excluding hydrogens is 279 g/mol. The maximum atomic E-state index is 13.8. The second kappa shape index (κ2) is 6.07. The van der Waals surface area contributed by atoms with E-state index in [9.17, 15) is 19.3 Å². The van der Waals surface area contributed by atoms with E-state index in [2.05, 4.69) is 11.7 Å². The van der Waals surface area contributed by atoms with Gasteiger partial charge in [-0.3, -0.25) is 10.1 Å². The van der Waals surface area contributed by atoms with Crippen molar-refractivity contribution in [3.8, 4) is 0 Å². The zero-order chi connectivity index (χ0) is 15.6. The van der Waals surface area contributed by atoms with Crippen LogP contribution in [0.15, 0.2) is 12.1 Å². The zero-order valence-corrected chi connectivity index (χ0v) is 12.0. The number of ether oxygens (including phenoxy) is 1. The Kier molecular flexibility index (Phi) is 4.40. The molecule has 0 aliphatic carbocycles. The number of rotatable bonds is 4. The van der Waals surface area contributed by atoms with Crippen LogP contribution in [0.4, 0.5) is 15.8 Å². The molecule has 1 aliphatic rings. The molecule has 6 nitrogen and oxygen atoms in total. The Morgan fingerprint density at radius 1 is 1.57 bits per heavy atom. The van der Waals surface area contributed by atoms with Gasteiger partial charge in [0.25, 0.3) is 5.69 Å². The molecule has 114 valence electrons. The molecule has 1 atom stereocenters. The standard InChI is InChI=1S/C14H17FN2O4/c1-3-9-4-5-16(8-9)12-6-10(14(18)21-2)11(15)7-13(12)17(19)20/h6-7,9H,3-5,8H2,1-2H3. The predicted molar refractivity (Wildman–Crippen MR) is 75.0 cm³/mol. The van der Waals surface area contributed by atoms with Gasteiger partial charge in [-0.25, -0.2) is 9.18 Å². The van der Waals surface area contributed by atoms with Gasteiger partial charge in [-0.15, -0.1) is 0 Å². The summed E-state index contributed by atoms with van der Waals surface area (Å²) in [5.74, 6) is -1.32. The number of nitro groups is 1. The van der Waals surface area contributed by atoms with Gasteiger partial charge in [-0.1, -0.05) is 13.3 Å². The predicted octanol–water partition coefficient (Wildman–Crippen LogP) is 2.76. The first-order valence-electron chi connectivity index (χ1n) is 6.79. The highest BCUT2D eigenvalue weighted by molar-refractivity contribution is 5.92. The lowest BCUT2D eigenvalue weighted by molar-refractivity contribution is -0.384. The van der Waals surface area contributed by atoms with Crippen LogP contribution in [-0.4, -0.2) is 31.1 Å². The SMILES string of the molecule is CCC1CCN(c2cc(C(=O)OC)c(F)cc2[N+](=O)[O-])C1. The van der Waals surface area contributed by atoms with E-state index in [0.29, 0.717) is 19.0 Å². The lowest BCUT2D eigenvalue weighted by atomic mass is 10.1. The number of benzene rings is 1. The van der Waals surface area contributed by atoms with Crippen LogP contribution in [0.2, 0.25) is 0 Å². The van der Waals surface area contributed by atoms with Gasteiger partial charge in [0.15, 0.2) is 0 Å². The number of hydrogen-bond donors (Lipinski definition) is 0. The van der Waals surface area contributed by atoms with Crippen LogP contribution < -0.4 is 4.90 Å². The van der Waals surface area contributed by atoms with Gasteiger partial charge >= 0.3 is 5.97 Å². The van der Waals surface area contributed by atoms with Crippen LogP contribution >= 0.6 is 0 Å². The average Bonchev–Trinajstić information content (AvgIpc) is 2.94. The molecule has 1 unspecified atom stereocenters. The highest BCUT2D eigenvalue weighted by atomic mass is 19.1. The second-order valence-corrected chi connectivity index (χ2v) is 5.08. The Balaban J connectivity index is 2.46. The van der Waals surface area contributed by atoms with Gasteiger partial charge < -0.3 is 9.64 Å². The number of halogens is 1. The zero-order valence-electron chi connectivity index (χ0n) is 12.0. The van der Waals surface area contributed by atoms with E-state index in [0.717, 1.165) is 26.0 Å². The molecule has 1 heterocycles. The lowest BCUT2D eigenvalue weighted by Gasteiger charge is -2.19. The maximum absolute atomic E-state index is 13.8. The summed E-state index contributed by atoms with van der Waals surface area (Å²) in [6.45, 7) is 3.39. The third-order valence-corrected chi connectivity index (χ3v) is 3.87. The average molecular weight is 296 g/mol. The normalized spacial score (nSPS) is 17.9. The van der Waals surface area contributed by atoms with E-state index in [1.807, 2.05) is 4.90 Å². The van der Waals surface area contributed by atoms with Crippen molar-refractivity contribution in [2.45, 2.75) is 19.8 Å². The molecule has 1 aromatic rings. The minimum absolute atomic E-state index is 0.276. The molecule has 1 fully saturated rings. The van der Waals surface area contributed by atoms with Crippen LogP contribution in [0.25, 0.3) is 0 Å². The van der Waals surface area contributed by atoms with Crippen LogP contribution in [0.3, 0.4) is 0 Å². The number of hydrogen-bond acceptors (Lipinski definition) is 5. The van der Waals surface area contributed by atoms with Crippen molar-refractivity contribution in [3.63, 3.8) is 0 Å². The largest absolute Gasteiger partial charge is 0.465 e. The first-order chi connectivity index (χ1) is 9.97. The number of esters is 1. The highest BCUT2D eigenvalue weighted by Gasteiger charge is 2.29. The third kappa shape index (κ3) is 2.96. The molecule has 1 aromatic carbocycles. The molecule has 1 saturated heterocycles. The van der Waals surface area contributed by atoms with E-state index in [4.69, 9.17) is 0 Å². The Morgan fingerprint density at radius 2 is 2.29 bits per heavy atom. The summed E-state index contributed by atoms with van der Waals surface area (Å²) in [6.07, 6.45) is 1.91. The number of nitro benzene ring substituents is 1. The Labute approximate surface area is 121 Å². The summed E-state index contributed by atoms with van der Waals surface area (Å²) in [5.41, 5.74) is -0.326. The van der Waals surface area contributed by atoms with Crippen molar-refractivity contribution >= 4 is 17.3 Å².